The summed E-state index contributed by atoms with van der Waals surface area (Å²) in [6.45, 7) is 3.87. The predicted molar refractivity (Wildman–Crippen MR) is 109 cm³/mol. The van der Waals surface area contributed by atoms with Gasteiger partial charge in [-0.2, -0.15) is 15.5 Å². The minimum Gasteiger partial charge on any atom is -0.268 e. The Kier molecular flexibility index (Phi) is 4.53. The van der Waals surface area contributed by atoms with E-state index in [1.807, 2.05) is 12.1 Å². The van der Waals surface area contributed by atoms with Gasteiger partial charge in [0.1, 0.15) is 5.82 Å². The molecular formula is C22H15FN5O. The first-order valence-electron chi connectivity index (χ1n) is 8.72. The number of aromatic nitrogens is 4. The van der Waals surface area contributed by atoms with Gasteiger partial charge in [0, 0.05) is 18.0 Å². The van der Waals surface area contributed by atoms with Crippen LogP contribution in [0.1, 0.15) is 17.0 Å². The Labute approximate surface area is 165 Å². The summed E-state index contributed by atoms with van der Waals surface area (Å²) in [5.41, 5.74) is 3.46. The minimum absolute atomic E-state index is 0.284. The average molecular weight is 384 g/mol. The number of aromatic amines is 1. The Morgan fingerprint density at radius 1 is 1.24 bits per heavy atom. The molecule has 0 saturated carbocycles. The lowest BCUT2D eigenvalue weighted by molar-refractivity contribution is 0.627. The monoisotopic (exact) mass is 384 g/mol. The van der Waals surface area contributed by atoms with Crippen LogP contribution in [-0.2, 0) is 7.05 Å². The molecule has 4 rings (SSSR count). The number of hydrogen-bond acceptors (Lipinski definition) is 4. The third-order valence-corrected chi connectivity index (χ3v) is 4.72. The highest BCUT2D eigenvalue weighted by Crippen LogP contribution is 2.29. The summed E-state index contributed by atoms with van der Waals surface area (Å²) >= 11 is 0. The summed E-state index contributed by atoms with van der Waals surface area (Å²) in [6, 6.07) is 13.3. The highest BCUT2D eigenvalue weighted by atomic mass is 19.1. The van der Waals surface area contributed by atoms with E-state index in [2.05, 4.69) is 28.3 Å². The SMILES string of the molecule is [CH2]c1n[nH]c(=O)c2ccc(-c3cnn(C)c3C=C(C#N)c3ccc(F)cc3)cc12. The third kappa shape index (κ3) is 3.32. The molecule has 0 bridgehead atoms. The highest BCUT2D eigenvalue weighted by molar-refractivity contribution is 5.94. The molecule has 1 N–H and O–H groups in total. The number of benzene rings is 2. The van der Waals surface area contributed by atoms with Crippen LogP contribution in [0.5, 0.6) is 0 Å². The van der Waals surface area contributed by atoms with E-state index in [1.54, 1.807) is 42.2 Å². The van der Waals surface area contributed by atoms with Crippen LogP contribution in [0.2, 0.25) is 0 Å². The maximum atomic E-state index is 13.2. The summed E-state index contributed by atoms with van der Waals surface area (Å²) in [5, 5.41) is 21.4. The fourth-order valence-electron chi connectivity index (χ4n) is 3.17. The zero-order valence-corrected chi connectivity index (χ0v) is 15.5. The van der Waals surface area contributed by atoms with Gasteiger partial charge in [-0.3, -0.25) is 9.48 Å². The first-order valence-corrected chi connectivity index (χ1v) is 8.72. The number of nitrogens with zero attached hydrogens (tertiary/aromatic N) is 4. The van der Waals surface area contributed by atoms with Gasteiger partial charge >= 0.3 is 0 Å². The van der Waals surface area contributed by atoms with Crippen molar-refractivity contribution in [2.75, 3.05) is 0 Å². The maximum absolute atomic E-state index is 13.2. The van der Waals surface area contributed by atoms with Crippen LogP contribution in [0.15, 0.2) is 53.5 Å². The van der Waals surface area contributed by atoms with Crippen molar-refractivity contribution in [2.24, 2.45) is 7.05 Å². The van der Waals surface area contributed by atoms with Crippen molar-refractivity contribution in [3.8, 4) is 17.2 Å². The number of halogens is 1. The molecule has 141 valence electrons. The van der Waals surface area contributed by atoms with Crippen molar-refractivity contribution in [3.05, 3.63) is 88.7 Å². The van der Waals surface area contributed by atoms with Crippen LogP contribution in [0.3, 0.4) is 0 Å². The van der Waals surface area contributed by atoms with Crippen LogP contribution in [-0.4, -0.2) is 20.0 Å². The predicted octanol–water partition coefficient (Wildman–Crippen LogP) is 3.71. The lowest BCUT2D eigenvalue weighted by atomic mass is 9.99. The summed E-state index contributed by atoms with van der Waals surface area (Å²) in [5.74, 6) is -0.365. The molecule has 2 aromatic carbocycles. The van der Waals surface area contributed by atoms with Gasteiger partial charge in [-0.05, 0) is 48.4 Å². The number of nitriles is 1. The van der Waals surface area contributed by atoms with Gasteiger partial charge in [0.15, 0.2) is 0 Å². The molecule has 1 radical (unpaired) electrons. The molecule has 0 spiro atoms. The van der Waals surface area contributed by atoms with Crippen LogP contribution in [0.4, 0.5) is 4.39 Å². The summed E-state index contributed by atoms with van der Waals surface area (Å²) in [7, 11) is 1.77. The molecule has 0 fully saturated rings. The Morgan fingerprint density at radius 2 is 2.00 bits per heavy atom. The highest BCUT2D eigenvalue weighted by Gasteiger charge is 2.13. The molecule has 7 heteroatoms. The fourth-order valence-corrected chi connectivity index (χ4v) is 3.17. The first kappa shape index (κ1) is 18.3. The van der Waals surface area contributed by atoms with Gasteiger partial charge in [-0.25, -0.2) is 9.49 Å². The largest absolute Gasteiger partial charge is 0.272 e. The van der Waals surface area contributed by atoms with E-state index in [1.165, 1.54) is 12.1 Å². The molecule has 0 unspecified atom stereocenters. The normalized spacial score (nSPS) is 11.6. The third-order valence-electron chi connectivity index (χ3n) is 4.72. The zero-order chi connectivity index (χ0) is 20.5. The Balaban J connectivity index is 1.87. The van der Waals surface area contributed by atoms with Gasteiger partial charge in [0.05, 0.1) is 34.6 Å². The molecule has 0 amide bonds. The van der Waals surface area contributed by atoms with Crippen molar-refractivity contribution in [2.45, 2.75) is 0 Å². The minimum atomic E-state index is -0.365. The Morgan fingerprint density at radius 3 is 2.72 bits per heavy atom. The van der Waals surface area contributed by atoms with Crippen molar-refractivity contribution < 1.29 is 4.39 Å². The van der Waals surface area contributed by atoms with Crippen LogP contribution < -0.4 is 5.56 Å². The Hall–Kier alpha value is -4.05. The smallest absolute Gasteiger partial charge is 0.268 e. The van der Waals surface area contributed by atoms with Crippen molar-refractivity contribution in [3.63, 3.8) is 0 Å². The van der Waals surface area contributed by atoms with E-state index < -0.39 is 0 Å². The molecule has 6 nitrogen and oxygen atoms in total. The molecule has 0 aliphatic rings. The van der Waals surface area contributed by atoms with E-state index >= 15 is 0 Å². The summed E-state index contributed by atoms with van der Waals surface area (Å²) in [6.07, 6.45) is 3.40. The Bertz CT molecular complexity index is 1360. The van der Waals surface area contributed by atoms with Gasteiger partial charge in [-0.1, -0.05) is 18.2 Å². The lowest BCUT2D eigenvalue weighted by Crippen LogP contribution is -2.09. The number of nitrogens with one attached hydrogen (secondary N) is 1. The zero-order valence-electron chi connectivity index (χ0n) is 15.5. The molecule has 4 aromatic rings. The van der Waals surface area contributed by atoms with Crippen LogP contribution >= 0.6 is 0 Å². The first-order chi connectivity index (χ1) is 14.0. The second kappa shape index (κ2) is 7.17. The number of hydrogen-bond donors (Lipinski definition) is 1. The molecule has 2 aromatic heterocycles. The van der Waals surface area contributed by atoms with E-state index in [4.69, 9.17) is 0 Å². The van der Waals surface area contributed by atoms with E-state index in [0.717, 1.165) is 11.1 Å². The lowest BCUT2D eigenvalue weighted by Gasteiger charge is -2.06. The quantitative estimate of drug-likeness (QED) is 0.546. The number of H-pyrrole nitrogens is 1. The number of fused-ring (bicyclic) bond motifs is 1. The molecule has 0 aliphatic heterocycles. The van der Waals surface area contributed by atoms with Gasteiger partial charge in [0.25, 0.3) is 5.56 Å². The van der Waals surface area contributed by atoms with Crippen LogP contribution in [0, 0.1) is 24.1 Å². The van der Waals surface area contributed by atoms with Crippen LogP contribution in [0.25, 0.3) is 33.5 Å². The van der Waals surface area contributed by atoms with E-state index in [0.29, 0.717) is 33.3 Å². The summed E-state index contributed by atoms with van der Waals surface area (Å²) < 4.78 is 14.9. The second-order valence-electron chi connectivity index (χ2n) is 6.50. The maximum Gasteiger partial charge on any atom is 0.272 e. The summed E-state index contributed by atoms with van der Waals surface area (Å²) in [4.78, 5) is 12.0. The number of rotatable bonds is 3. The van der Waals surface area contributed by atoms with Gasteiger partial charge in [-0.15, -0.1) is 0 Å². The molecule has 0 aliphatic carbocycles. The molecular weight excluding hydrogens is 369 g/mol. The van der Waals surface area contributed by atoms with Gasteiger partial charge < -0.3 is 0 Å². The van der Waals surface area contributed by atoms with Crippen molar-refractivity contribution >= 4 is 22.4 Å². The van der Waals surface area contributed by atoms with Crippen molar-refractivity contribution in [1.82, 2.24) is 20.0 Å². The molecule has 29 heavy (non-hydrogen) atoms. The van der Waals surface area contributed by atoms with Gasteiger partial charge in [0.2, 0.25) is 0 Å². The van der Waals surface area contributed by atoms with E-state index in [-0.39, 0.29) is 11.4 Å². The topological polar surface area (TPSA) is 87.4 Å². The van der Waals surface area contributed by atoms with E-state index in [9.17, 15) is 14.4 Å². The second-order valence-corrected chi connectivity index (χ2v) is 6.50. The standard InChI is InChI=1S/C22H15FN5O/c1-13-19-9-15(5-8-18(19)22(29)27-26-13)20-12-25-28(2)21(20)10-16(11-24)14-3-6-17(23)7-4-14/h3-10,12H,1H2,2H3,(H,27,29). The molecule has 2 heterocycles. The molecule has 0 saturated heterocycles. The molecule has 0 atom stereocenters. The number of allylic oxidation sites excluding steroid dienone is 1. The van der Waals surface area contributed by atoms with Crippen molar-refractivity contribution in [1.29, 1.82) is 5.26 Å². The number of aryl methyl sites for hydroxylation is 1. The average Bonchev–Trinajstić information content (AvgIpc) is 3.09. The fraction of sp³-hybridized carbons (Fsp3) is 0.0455.